The molecule has 0 aliphatic carbocycles. The number of rotatable bonds is 4. The zero-order chi connectivity index (χ0) is 12.8. The fraction of sp³-hybridized carbons (Fsp3) is 0.333. The summed E-state index contributed by atoms with van der Waals surface area (Å²) in [7, 11) is 0. The summed E-state index contributed by atoms with van der Waals surface area (Å²) >= 11 is 0. The number of hydrogen-bond donors (Lipinski definition) is 1. The Morgan fingerprint density at radius 1 is 1.59 bits per heavy atom. The minimum absolute atomic E-state index is 0.0616. The average Bonchev–Trinajstić information content (AvgIpc) is 2.32. The molecule has 0 amide bonds. The van der Waals surface area contributed by atoms with E-state index >= 15 is 0 Å². The number of carbonyl (C=O) groups excluding carboxylic acids is 1. The number of carbonyl (C=O) groups is 1. The van der Waals surface area contributed by atoms with Crippen molar-refractivity contribution in [1.29, 1.82) is 5.26 Å². The van der Waals surface area contributed by atoms with Crippen molar-refractivity contribution in [3.63, 3.8) is 0 Å². The zero-order valence-electron chi connectivity index (χ0n) is 9.36. The standard InChI is InChI=1S/C12H12FNO3/c1-2-17-11(16)5-9-3-8(7-15)4-10(6-14)12(9)13/h3-4,15H,2,5,7H2,1H3. The van der Waals surface area contributed by atoms with E-state index < -0.39 is 11.8 Å². The molecule has 0 aliphatic heterocycles. The Morgan fingerprint density at radius 2 is 2.29 bits per heavy atom. The molecule has 0 saturated heterocycles. The van der Waals surface area contributed by atoms with Gasteiger partial charge in [0.1, 0.15) is 11.9 Å². The third kappa shape index (κ3) is 3.26. The Labute approximate surface area is 98.2 Å². The van der Waals surface area contributed by atoms with Crippen LogP contribution < -0.4 is 0 Å². The molecule has 0 aromatic heterocycles. The van der Waals surface area contributed by atoms with Crippen LogP contribution in [0.5, 0.6) is 0 Å². The first-order valence-electron chi connectivity index (χ1n) is 5.10. The van der Waals surface area contributed by atoms with Crippen molar-refractivity contribution in [1.82, 2.24) is 0 Å². The number of nitrogens with zero attached hydrogens (tertiary/aromatic N) is 1. The van der Waals surface area contributed by atoms with Crippen LogP contribution in [-0.4, -0.2) is 17.7 Å². The van der Waals surface area contributed by atoms with Gasteiger partial charge in [-0.15, -0.1) is 0 Å². The van der Waals surface area contributed by atoms with Gasteiger partial charge < -0.3 is 9.84 Å². The predicted octanol–water partition coefficient (Wildman–Crippen LogP) is 1.30. The first-order valence-corrected chi connectivity index (χ1v) is 5.10. The topological polar surface area (TPSA) is 70.3 Å². The summed E-state index contributed by atoms with van der Waals surface area (Å²) in [6, 6.07) is 4.29. The third-order valence-electron chi connectivity index (χ3n) is 2.15. The molecule has 17 heavy (non-hydrogen) atoms. The van der Waals surface area contributed by atoms with Gasteiger partial charge in [-0.1, -0.05) is 0 Å². The minimum Gasteiger partial charge on any atom is -0.466 e. The molecule has 0 fully saturated rings. The quantitative estimate of drug-likeness (QED) is 0.801. The van der Waals surface area contributed by atoms with Crippen LogP contribution in [0.25, 0.3) is 0 Å². The SMILES string of the molecule is CCOC(=O)Cc1cc(CO)cc(C#N)c1F. The molecule has 0 aliphatic rings. The van der Waals surface area contributed by atoms with Crippen molar-refractivity contribution in [2.45, 2.75) is 20.0 Å². The Bertz CT molecular complexity index is 466. The summed E-state index contributed by atoms with van der Waals surface area (Å²) in [5, 5.41) is 17.7. The first-order chi connectivity index (χ1) is 8.12. The fourth-order valence-corrected chi connectivity index (χ4v) is 1.42. The Kier molecular flexibility index (Phi) is 4.61. The van der Waals surface area contributed by atoms with E-state index in [9.17, 15) is 9.18 Å². The molecule has 1 N–H and O–H groups in total. The lowest BCUT2D eigenvalue weighted by atomic mass is 10.0. The van der Waals surface area contributed by atoms with Gasteiger partial charge in [-0.2, -0.15) is 5.26 Å². The van der Waals surface area contributed by atoms with Crippen LogP contribution in [-0.2, 0) is 22.6 Å². The van der Waals surface area contributed by atoms with Crippen molar-refractivity contribution >= 4 is 5.97 Å². The molecule has 5 heteroatoms. The number of halogens is 1. The van der Waals surface area contributed by atoms with E-state index in [1.807, 2.05) is 0 Å². The van der Waals surface area contributed by atoms with Gasteiger partial charge in [0.25, 0.3) is 0 Å². The first kappa shape index (κ1) is 13.1. The number of benzene rings is 1. The molecule has 0 atom stereocenters. The van der Waals surface area contributed by atoms with Gasteiger partial charge in [0.15, 0.2) is 0 Å². The number of aliphatic hydroxyl groups excluding tert-OH is 1. The zero-order valence-corrected chi connectivity index (χ0v) is 9.36. The number of nitriles is 1. The maximum absolute atomic E-state index is 13.7. The van der Waals surface area contributed by atoms with Crippen LogP contribution in [0, 0.1) is 17.1 Å². The summed E-state index contributed by atoms with van der Waals surface area (Å²) in [4.78, 5) is 11.2. The lowest BCUT2D eigenvalue weighted by Gasteiger charge is -2.07. The monoisotopic (exact) mass is 237 g/mol. The summed E-state index contributed by atoms with van der Waals surface area (Å²) in [5.74, 6) is -1.30. The van der Waals surface area contributed by atoms with Crippen LogP contribution in [0.3, 0.4) is 0 Å². The molecular weight excluding hydrogens is 225 g/mol. The van der Waals surface area contributed by atoms with Gasteiger partial charge in [-0.3, -0.25) is 4.79 Å². The molecule has 1 rings (SSSR count). The molecule has 4 nitrogen and oxygen atoms in total. The fourth-order valence-electron chi connectivity index (χ4n) is 1.42. The van der Waals surface area contributed by atoms with Gasteiger partial charge in [-0.25, -0.2) is 4.39 Å². The van der Waals surface area contributed by atoms with E-state index in [4.69, 9.17) is 15.1 Å². The van der Waals surface area contributed by atoms with Crippen LogP contribution in [0.1, 0.15) is 23.6 Å². The molecule has 1 aromatic rings. The van der Waals surface area contributed by atoms with Crippen molar-refractivity contribution in [3.8, 4) is 6.07 Å². The largest absolute Gasteiger partial charge is 0.466 e. The van der Waals surface area contributed by atoms with Crippen LogP contribution >= 0.6 is 0 Å². The van der Waals surface area contributed by atoms with E-state index in [-0.39, 0.29) is 30.8 Å². The molecular formula is C12H12FNO3. The van der Waals surface area contributed by atoms with Gasteiger partial charge in [0.2, 0.25) is 0 Å². The summed E-state index contributed by atoms with van der Waals surface area (Å²) in [6.45, 7) is 1.55. The molecule has 0 heterocycles. The highest BCUT2D eigenvalue weighted by Gasteiger charge is 2.14. The molecule has 0 spiro atoms. The lowest BCUT2D eigenvalue weighted by molar-refractivity contribution is -0.142. The van der Waals surface area contributed by atoms with Gasteiger partial charge in [-0.05, 0) is 24.6 Å². The highest BCUT2D eigenvalue weighted by Crippen LogP contribution is 2.17. The Morgan fingerprint density at radius 3 is 2.82 bits per heavy atom. The lowest BCUT2D eigenvalue weighted by Crippen LogP contribution is -2.10. The van der Waals surface area contributed by atoms with Crippen molar-refractivity contribution in [2.75, 3.05) is 6.61 Å². The molecule has 0 saturated carbocycles. The summed E-state index contributed by atoms with van der Waals surface area (Å²) < 4.78 is 18.4. The normalized spacial score (nSPS) is 9.76. The van der Waals surface area contributed by atoms with Crippen LogP contribution in [0.15, 0.2) is 12.1 Å². The highest BCUT2D eigenvalue weighted by atomic mass is 19.1. The van der Waals surface area contributed by atoms with Gasteiger partial charge in [0, 0.05) is 5.56 Å². The minimum atomic E-state index is -0.738. The van der Waals surface area contributed by atoms with Crippen LogP contribution in [0.4, 0.5) is 4.39 Å². The summed E-state index contributed by atoms with van der Waals surface area (Å²) in [5.41, 5.74) is 0.268. The maximum atomic E-state index is 13.7. The van der Waals surface area contributed by atoms with E-state index in [2.05, 4.69) is 0 Å². The molecule has 0 unspecified atom stereocenters. The van der Waals surface area contributed by atoms with E-state index in [1.165, 1.54) is 12.1 Å². The second-order valence-electron chi connectivity index (χ2n) is 3.37. The van der Waals surface area contributed by atoms with Crippen molar-refractivity contribution in [2.24, 2.45) is 0 Å². The van der Waals surface area contributed by atoms with Crippen LogP contribution in [0.2, 0.25) is 0 Å². The summed E-state index contributed by atoms with van der Waals surface area (Å²) in [6.07, 6.45) is -0.248. The average molecular weight is 237 g/mol. The highest BCUT2D eigenvalue weighted by molar-refractivity contribution is 5.73. The number of ether oxygens (including phenoxy) is 1. The molecule has 1 aromatic carbocycles. The molecule has 0 bridgehead atoms. The molecule has 0 radical (unpaired) electrons. The second kappa shape index (κ2) is 5.97. The van der Waals surface area contributed by atoms with E-state index in [0.29, 0.717) is 5.56 Å². The Balaban J connectivity index is 3.06. The number of esters is 1. The third-order valence-corrected chi connectivity index (χ3v) is 2.15. The number of hydrogen-bond acceptors (Lipinski definition) is 4. The predicted molar refractivity (Wildman–Crippen MR) is 57.4 cm³/mol. The van der Waals surface area contributed by atoms with Gasteiger partial charge in [0.05, 0.1) is 25.2 Å². The van der Waals surface area contributed by atoms with E-state index in [1.54, 1.807) is 13.0 Å². The second-order valence-corrected chi connectivity index (χ2v) is 3.37. The van der Waals surface area contributed by atoms with Crippen molar-refractivity contribution < 1.29 is 19.0 Å². The van der Waals surface area contributed by atoms with Gasteiger partial charge >= 0.3 is 5.97 Å². The van der Waals surface area contributed by atoms with E-state index in [0.717, 1.165) is 0 Å². The Hall–Kier alpha value is -1.93. The maximum Gasteiger partial charge on any atom is 0.310 e. The smallest absolute Gasteiger partial charge is 0.310 e. The van der Waals surface area contributed by atoms with Crippen molar-refractivity contribution in [3.05, 3.63) is 34.6 Å². The molecule has 90 valence electrons. The number of aliphatic hydroxyl groups is 1.